The SMILES string of the molecule is COCCNC(=O)c1cccc(NC(=O)c2cc(C(F)F)nn2C)c1C. The van der Waals surface area contributed by atoms with Gasteiger partial charge in [0.15, 0.2) is 0 Å². The van der Waals surface area contributed by atoms with Crippen molar-refractivity contribution in [2.75, 3.05) is 25.6 Å². The van der Waals surface area contributed by atoms with Crippen molar-refractivity contribution in [2.24, 2.45) is 7.05 Å². The van der Waals surface area contributed by atoms with Crippen LogP contribution >= 0.6 is 0 Å². The van der Waals surface area contributed by atoms with E-state index in [2.05, 4.69) is 15.7 Å². The average molecular weight is 366 g/mol. The fraction of sp³-hybridized carbons (Fsp3) is 0.353. The Hall–Kier alpha value is -2.81. The number of carbonyl (C=O) groups excluding carboxylic acids is 2. The van der Waals surface area contributed by atoms with Crippen LogP contribution in [0.15, 0.2) is 24.3 Å². The third-order valence-electron chi connectivity index (χ3n) is 3.77. The summed E-state index contributed by atoms with van der Waals surface area (Å²) in [5, 5.41) is 8.95. The first-order valence-corrected chi connectivity index (χ1v) is 7.85. The molecule has 2 N–H and O–H groups in total. The Morgan fingerprint density at radius 2 is 2.04 bits per heavy atom. The number of halogens is 2. The molecule has 2 amide bonds. The molecule has 2 rings (SSSR count). The number of nitrogens with one attached hydrogen (secondary N) is 2. The van der Waals surface area contributed by atoms with Crippen LogP contribution in [0.1, 0.15) is 38.5 Å². The smallest absolute Gasteiger partial charge is 0.282 e. The molecule has 1 heterocycles. The van der Waals surface area contributed by atoms with E-state index in [9.17, 15) is 18.4 Å². The molecule has 26 heavy (non-hydrogen) atoms. The molecule has 0 fully saturated rings. The molecular formula is C17H20F2N4O3. The Bertz CT molecular complexity index is 805. The van der Waals surface area contributed by atoms with Gasteiger partial charge in [-0.15, -0.1) is 0 Å². The average Bonchev–Trinajstić information content (AvgIpc) is 2.99. The predicted octanol–water partition coefficient (Wildman–Crippen LogP) is 2.29. The molecule has 140 valence electrons. The van der Waals surface area contributed by atoms with Crippen LogP contribution in [-0.4, -0.2) is 41.9 Å². The molecule has 0 aliphatic rings. The van der Waals surface area contributed by atoms with E-state index < -0.39 is 18.0 Å². The lowest BCUT2D eigenvalue weighted by molar-refractivity contribution is 0.0935. The Kier molecular flexibility index (Phi) is 6.40. The number of benzene rings is 1. The Labute approximate surface area is 149 Å². The Morgan fingerprint density at radius 3 is 2.65 bits per heavy atom. The van der Waals surface area contributed by atoms with Crippen LogP contribution in [0, 0.1) is 6.92 Å². The van der Waals surface area contributed by atoms with Crippen LogP contribution in [0.3, 0.4) is 0 Å². The summed E-state index contributed by atoms with van der Waals surface area (Å²) >= 11 is 0. The molecule has 0 unspecified atom stereocenters. The summed E-state index contributed by atoms with van der Waals surface area (Å²) < 4.78 is 31.4. The molecular weight excluding hydrogens is 346 g/mol. The van der Waals surface area contributed by atoms with Crippen molar-refractivity contribution >= 4 is 17.5 Å². The third kappa shape index (κ3) is 4.42. The number of hydrogen-bond donors (Lipinski definition) is 2. The van der Waals surface area contributed by atoms with Gasteiger partial charge < -0.3 is 15.4 Å². The maximum absolute atomic E-state index is 12.7. The van der Waals surface area contributed by atoms with Gasteiger partial charge in [-0.3, -0.25) is 14.3 Å². The van der Waals surface area contributed by atoms with Gasteiger partial charge in [-0.2, -0.15) is 5.10 Å². The molecule has 0 radical (unpaired) electrons. The summed E-state index contributed by atoms with van der Waals surface area (Å²) in [5.41, 5.74) is 0.897. The highest BCUT2D eigenvalue weighted by atomic mass is 19.3. The number of aromatic nitrogens is 2. The van der Waals surface area contributed by atoms with Crippen LogP contribution in [0.25, 0.3) is 0 Å². The van der Waals surface area contributed by atoms with Crippen molar-refractivity contribution in [1.82, 2.24) is 15.1 Å². The summed E-state index contributed by atoms with van der Waals surface area (Å²) in [7, 11) is 2.94. The molecule has 0 atom stereocenters. The maximum Gasteiger partial charge on any atom is 0.282 e. The zero-order chi connectivity index (χ0) is 19.3. The summed E-state index contributed by atoms with van der Waals surface area (Å²) in [6.07, 6.45) is -2.76. The molecule has 0 saturated carbocycles. The molecule has 0 spiro atoms. The molecule has 0 aliphatic heterocycles. The van der Waals surface area contributed by atoms with Crippen molar-refractivity contribution in [3.05, 3.63) is 46.8 Å². The van der Waals surface area contributed by atoms with E-state index in [1.54, 1.807) is 25.1 Å². The number of aryl methyl sites for hydroxylation is 1. The van der Waals surface area contributed by atoms with Crippen molar-refractivity contribution < 1.29 is 23.1 Å². The second-order valence-electron chi connectivity index (χ2n) is 5.56. The van der Waals surface area contributed by atoms with Gasteiger partial charge in [0.05, 0.1) is 6.61 Å². The zero-order valence-corrected chi connectivity index (χ0v) is 14.7. The zero-order valence-electron chi connectivity index (χ0n) is 14.7. The predicted molar refractivity (Wildman–Crippen MR) is 91.5 cm³/mol. The summed E-state index contributed by atoms with van der Waals surface area (Å²) in [5.74, 6) is -0.886. The van der Waals surface area contributed by atoms with Gasteiger partial charge in [0.2, 0.25) is 0 Å². The quantitative estimate of drug-likeness (QED) is 0.737. The van der Waals surface area contributed by atoms with Gasteiger partial charge >= 0.3 is 0 Å². The number of hydrogen-bond acceptors (Lipinski definition) is 4. The molecule has 1 aromatic heterocycles. The fourth-order valence-corrected chi connectivity index (χ4v) is 2.37. The molecule has 0 bridgehead atoms. The van der Waals surface area contributed by atoms with Crippen LogP contribution in [0.5, 0.6) is 0 Å². The summed E-state index contributed by atoms with van der Waals surface area (Å²) in [6, 6.07) is 5.92. The molecule has 9 heteroatoms. The van der Waals surface area contributed by atoms with Crippen LogP contribution in [0.4, 0.5) is 14.5 Å². The lowest BCUT2D eigenvalue weighted by Gasteiger charge is -2.12. The highest BCUT2D eigenvalue weighted by Gasteiger charge is 2.20. The number of anilines is 1. The largest absolute Gasteiger partial charge is 0.383 e. The van der Waals surface area contributed by atoms with Crippen LogP contribution < -0.4 is 10.6 Å². The van der Waals surface area contributed by atoms with Crippen molar-refractivity contribution in [2.45, 2.75) is 13.3 Å². The van der Waals surface area contributed by atoms with Crippen molar-refractivity contribution in [1.29, 1.82) is 0 Å². The van der Waals surface area contributed by atoms with E-state index in [-0.39, 0.29) is 11.6 Å². The highest BCUT2D eigenvalue weighted by molar-refractivity contribution is 6.05. The number of ether oxygens (including phenoxy) is 1. The van der Waals surface area contributed by atoms with E-state index in [0.29, 0.717) is 30.0 Å². The minimum Gasteiger partial charge on any atom is -0.383 e. The minimum absolute atomic E-state index is 0.00495. The van der Waals surface area contributed by atoms with Gasteiger partial charge in [0, 0.05) is 32.0 Å². The van der Waals surface area contributed by atoms with Gasteiger partial charge in [-0.05, 0) is 30.7 Å². The lowest BCUT2D eigenvalue weighted by Crippen LogP contribution is -2.28. The Balaban J connectivity index is 2.18. The standard InChI is InChI=1S/C17H20F2N4O3/c1-10-11(16(24)20-7-8-26-3)5-4-6-12(10)21-17(25)14-9-13(15(18)19)22-23(14)2/h4-6,9,15H,7-8H2,1-3H3,(H,20,24)(H,21,25). The number of amides is 2. The van der Waals surface area contributed by atoms with E-state index in [1.807, 2.05) is 0 Å². The molecule has 7 nitrogen and oxygen atoms in total. The Morgan fingerprint density at radius 1 is 1.31 bits per heavy atom. The second-order valence-corrected chi connectivity index (χ2v) is 5.56. The lowest BCUT2D eigenvalue weighted by atomic mass is 10.1. The van der Waals surface area contributed by atoms with Crippen molar-refractivity contribution in [3.63, 3.8) is 0 Å². The van der Waals surface area contributed by atoms with E-state index in [1.165, 1.54) is 14.2 Å². The number of rotatable bonds is 7. The monoisotopic (exact) mass is 366 g/mol. The van der Waals surface area contributed by atoms with Gasteiger partial charge in [-0.25, -0.2) is 8.78 Å². The summed E-state index contributed by atoms with van der Waals surface area (Å²) in [4.78, 5) is 24.6. The molecule has 1 aromatic carbocycles. The first kappa shape index (κ1) is 19.5. The number of carbonyl (C=O) groups is 2. The molecule has 0 saturated heterocycles. The number of methoxy groups -OCH3 is 1. The minimum atomic E-state index is -2.76. The molecule has 2 aromatic rings. The fourth-order valence-electron chi connectivity index (χ4n) is 2.37. The number of nitrogens with zero attached hydrogens (tertiary/aromatic N) is 2. The van der Waals surface area contributed by atoms with Crippen LogP contribution in [-0.2, 0) is 11.8 Å². The maximum atomic E-state index is 12.7. The first-order valence-electron chi connectivity index (χ1n) is 7.85. The highest BCUT2D eigenvalue weighted by Crippen LogP contribution is 2.21. The normalized spacial score (nSPS) is 10.8. The molecule has 0 aliphatic carbocycles. The second kappa shape index (κ2) is 8.52. The van der Waals surface area contributed by atoms with Crippen LogP contribution in [0.2, 0.25) is 0 Å². The number of alkyl halides is 2. The van der Waals surface area contributed by atoms with Gasteiger partial charge in [-0.1, -0.05) is 6.07 Å². The topological polar surface area (TPSA) is 85.2 Å². The van der Waals surface area contributed by atoms with Gasteiger partial charge in [0.1, 0.15) is 11.4 Å². The van der Waals surface area contributed by atoms with E-state index in [4.69, 9.17) is 4.74 Å². The summed E-state index contributed by atoms with van der Waals surface area (Å²) in [6.45, 7) is 2.43. The van der Waals surface area contributed by atoms with Gasteiger partial charge in [0.25, 0.3) is 18.2 Å². The van der Waals surface area contributed by atoms with E-state index in [0.717, 1.165) is 10.7 Å². The van der Waals surface area contributed by atoms with E-state index >= 15 is 0 Å². The third-order valence-corrected chi connectivity index (χ3v) is 3.77. The van der Waals surface area contributed by atoms with Crippen molar-refractivity contribution in [3.8, 4) is 0 Å². The first-order chi connectivity index (χ1) is 12.3.